The number of piperidine rings is 1. The molecule has 0 bridgehead atoms. The summed E-state index contributed by atoms with van der Waals surface area (Å²) in [6.45, 7) is 5.17. The van der Waals surface area contributed by atoms with E-state index in [2.05, 4.69) is 10.2 Å². The normalized spacial score (nSPS) is 15.4. The molecule has 0 spiro atoms. The Morgan fingerprint density at radius 2 is 1.89 bits per heavy atom. The molecule has 1 aliphatic heterocycles. The topological polar surface area (TPSA) is 61.8 Å². The molecule has 1 amide bonds. The van der Waals surface area contributed by atoms with Crippen LogP contribution in [0.3, 0.4) is 0 Å². The van der Waals surface area contributed by atoms with Gasteiger partial charge in [0, 0.05) is 29.6 Å². The number of likely N-dealkylation sites (tertiary alicyclic amines) is 1. The molecule has 2 aromatic carbocycles. The van der Waals surface area contributed by atoms with Gasteiger partial charge in [0.15, 0.2) is 11.5 Å². The number of hydrogen-bond acceptors (Lipinski definition) is 4. The zero-order chi connectivity index (χ0) is 19.9. The minimum absolute atomic E-state index is 0.0158. The lowest BCUT2D eigenvalue weighted by Crippen LogP contribution is -2.40. The van der Waals surface area contributed by atoms with Gasteiger partial charge in [0.05, 0.1) is 6.61 Å². The summed E-state index contributed by atoms with van der Waals surface area (Å²) in [5, 5.41) is 14.0. The fourth-order valence-electron chi connectivity index (χ4n) is 3.53. The van der Waals surface area contributed by atoms with Crippen molar-refractivity contribution in [3.05, 3.63) is 58.6 Å². The van der Waals surface area contributed by atoms with Crippen LogP contribution in [0.2, 0.25) is 5.02 Å². The van der Waals surface area contributed by atoms with Crippen molar-refractivity contribution < 1.29 is 14.6 Å². The SMILES string of the molecule is CCOc1cccc(CN2CCC(C(=O)NCc3ccccc3Cl)CC2)c1O. The van der Waals surface area contributed by atoms with Crippen molar-refractivity contribution in [2.75, 3.05) is 19.7 Å². The highest BCUT2D eigenvalue weighted by Crippen LogP contribution is 2.31. The third-order valence-corrected chi connectivity index (χ3v) is 5.51. The van der Waals surface area contributed by atoms with Crippen molar-refractivity contribution in [2.24, 2.45) is 5.92 Å². The summed E-state index contributed by atoms with van der Waals surface area (Å²) in [5.41, 5.74) is 1.78. The number of halogens is 1. The molecule has 28 heavy (non-hydrogen) atoms. The average molecular weight is 403 g/mol. The standard InChI is InChI=1S/C22H27ClN2O3/c1-2-28-20-9-5-7-18(21(20)26)15-25-12-10-16(11-13-25)22(27)24-14-17-6-3-4-8-19(17)23/h3-9,16,26H,2,10-15H2,1H3,(H,24,27). The Balaban J connectivity index is 1.48. The van der Waals surface area contributed by atoms with Gasteiger partial charge in [0.2, 0.25) is 5.91 Å². The lowest BCUT2D eigenvalue weighted by atomic mass is 9.95. The van der Waals surface area contributed by atoms with E-state index in [1.165, 1.54) is 0 Å². The molecule has 1 heterocycles. The quantitative estimate of drug-likeness (QED) is 0.735. The summed E-state index contributed by atoms with van der Waals surface area (Å²) >= 11 is 6.15. The number of ether oxygens (including phenoxy) is 1. The number of carbonyl (C=O) groups excluding carboxylic acids is 1. The van der Waals surface area contributed by atoms with Gasteiger partial charge in [-0.25, -0.2) is 0 Å². The van der Waals surface area contributed by atoms with Gasteiger partial charge in [-0.2, -0.15) is 0 Å². The van der Waals surface area contributed by atoms with Crippen molar-refractivity contribution in [1.82, 2.24) is 10.2 Å². The van der Waals surface area contributed by atoms with Crippen molar-refractivity contribution in [1.29, 1.82) is 0 Å². The predicted octanol–water partition coefficient (Wildman–Crippen LogP) is 3.97. The predicted molar refractivity (Wildman–Crippen MR) is 111 cm³/mol. The van der Waals surface area contributed by atoms with Crippen LogP contribution in [0.4, 0.5) is 0 Å². The number of nitrogens with zero attached hydrogens (tertiary/aromatic N) is 1. The van der Waals surface area contributed by atoms with Crippen LogP contribution < -0.4 is 10.1 Å². The number of para-hydroxylation sites is 1. The molecule has 0 unspecified atom stereocenters. The maximum Gasteiger partial charge on any atom is 0.223 e. The fourth-order valence-corrected chi connectivity index (χ4v) is 3.73. The number of phenolic OH excluding ortho intramolecular Hbond substituents is 1. The summed E-state index contributed by atoms with van der Waals surface area (Å²) in [4.78, 5) is 14.8. The fraction of sp³-hybridized carbons (Fsp3) is 0.409. The van der Waals surface area contributed by atoms with Crippen molar-refractivity contribution in [3.8, 4) is 11.5 Å². The Labute approximate surface area is 171 Å². The monoisotopic (exact) mass is 402 g/mol. The second kappa shape index (κ2) is 9.80. The molecule has 2 N–H and O–H groups in total. The lowest BCUT2D eigenvalue weighted by molar-refractivity contribution is -0.126. The van der Waals surface area contributed by atoms with Crippen molar-refractivity contribution >= 4 is 17.5 Å². The highest BCUT2D eigenvalue weighted by atomic mass is 35.5. The van der Waals surface area contributed by atoms with Crippen molar-refractivity contribution in [2.45, 2.75) is 32.9 Å². The van der Waals surface area contributed by atoms with Gasteiger partial charge in [0.25, 0.3) is 0 Å². The molecule has 1 aliphatic rings. The lowest BCUT2D eigenvalue weighted by Gasteiger charge is -2.31. The molecular formula is C22H27ClN2O3. The number of rotatable bonds is 7. The highest BCUT2D eigenvalue weighted by molar-refractivity contribution is 6.31. The first-order valence-electron chi connectivity index (χ1n) is 9.75. The summed E-state index contributed by atoms with van der Waals surface area (Å²) in [7, 11) is 0. The van der Waals surface area contributed by atoms with E-state index < -0.39 is 0 Å². The second-order valence-electron chi connectivity index (χ2n) is 7.06. The van der Waals surface area contributed by atoms with Gasteiger partial charge in [-0.3, -0.25) is 9.69 Å². The van der Waals surface area contributed by atoms with Gasteiger partial charge >= 0.3 is 0 Å². The molecule has 0 aliphatic carbocycles. The van der Waals surface area contributed by atoms with Crippen LogP contribution in [0, 0.1) is 5.92 Å². The Hall–Kier alpha value is -2.24. The second-order valence-corrected chi connectivity index (χ2v) is 7.46. The number of aromatic hydroxyl groups is 1. The maximum absolute atomic E-state index is 12.5. The largest absolute Gasteiger partial charge is 0.504 e. The van der Waals surface area contributed by atoms with E-state index in [0.717, 1.165) is 37.1 Å². The molecule has 150 valence electrons. The van der Waals surface area contributed by atoms with Gasteiger partial charge in [0.1, 0.15) is 0 Å². The highest BCUT2D eigenvalue weighted by Gasteiger charge is 2.25. The van der Waals surface area contributed by atoms with Gasteiger partial charge in [-0.15, -0.1) is 0 Å². The van der Waals surface area contributed by atoms with Crippen LogP contribution in [0.5, 0.6) is 11.5 Å². The third-order valence-electron chi connectivity index (χ3n) is 5.15. The van der Waals surface area contributed by atoms with E-state index in [1.54, 1.807) is 6.07 Å². The first-order valence-corrected chi connectivity index (χ1v) is 10.1. The smallest absolute Gasteiger partial charge is 0.223 e. The maximum atomic E-state index is 12.5. The van der Waals surface area contributed by atoms with Crippen LogP contribution in [0.1, 0.15) is 30.9 Å². The Morgan fingerprint density at radius 3 is 2.61 bits per heavy atom. The Kier molecular flexibility index (Phi) is 7.18. The summed E-state index contributed by atoms with van der Waals surface area (Å²) in [6.07, 6.45) is 1.61. The first kappa shape index (κ1) is 20.5. The third kappa shape index (κ3) is 5.18. The Bertz CT molecular complexity index is 804. The van der Waals surface area contributed by atoms with Gasteiger partial charge < -0.3 is 15.2 Å². The minimum atomic E-state index is 0.0158. The molecule has 0 saturated carbocycles. The number of benzene rings is 2. The van der Waals surface area contributed by atoms with E-state index in [4.69, 9.17) is 16.3 Å². The number of hydrogen-bond donors (Lipinski definition) is 2. The van der Waals surface area contributed by atoms with Crippen molar-refractivity contribution in [3.63, 3.8) is 0 Å². The minimum Gasteiger partial charge on any atom is -0.504 e. The van der Waals surface area contributed by atoms with Crippen LogP contribution in [0.25, 0.3) is 0 Å². The van der Waals surface area contributed by atoms with E-state index in [-0.39, 0.29) is 17.6 Å². The molecule has 1 saturated heterocycles. The Morgan fingerprint density at radius 1 is 1.18 bits per heavy atom. The summed E-state index contributed by atoms with van der Waals surface area (Å²) in [5.74, 6) is 0.834. The average Bonchev–Trinajstić information content (AvgIpc) is 2.71. The molecule has 0 radical (unpaired) electrons. The zero-order valence-electron chi connectivity index (χ0n) is 16.2. The number of carbonyl (C=O) groups is 1. The number of nitrogens with one attached hydrogen (secondary N) is 1. The first-order chi connectivity index (χ1) is 13.6. The van der Waals surface area contributed by atoms with E-state index in [1.807, 2.05) is 43.3 Å². The molecule has 6 heteroatoms. The molecule has 5 nitrogen and oxygen atoms in total. The van der Waals surface area contributed by atoms with Gasteiger partial charge in [-0.05, 0) is 50.6 Å². The summed E-state index contributed by atoms with van der Waals surface area (Å²) < 4.78 is 5.46. The molecule has 3 rings (SSSR count). The van der Waals surface area contributed by atoms with E-state index in [0.29, 0.717) is 30.5 Å². The molecule has 1 fully saturated rings. The van der Waals surface area contributed by atoms with Crippen LogP contribution >= 0.6 is 11.6 Å². The molecule has 0 atom stereocenters. The van der Waals surface area contributed by atoms with Crippen LogP contribution in [-0.2, 0) is 17.9 Å². The van der Waals surface area contributed by atoms with Crippen LogP contribution in [0.15, 0.2) is 42.5 Å². The number of phenols is 1. The van der Waals surface area contributed by atoms with Crippen LogP contribution in [-0.4, -0.2) is 35.6 Å². The summed E-state index contributed by atoms with van der Waals surface area (Å²) in [6, 6.07) is 13.1. The molecular weight excluding hydrogens is 376 g/mol. The molecule has 2 aromatic rings. The van der Waals surface area contributed by atoms with E-state index in [9.17, 15) is 9.90 Å². The molecule has 0 aromatic heterocycles. The van der Waals surface area contributed by atoms with E-state index >= 15 is 0 Å². The van der Waals surface area contributed by atoms with Gasteiger partial charge in [-0.1, -0.05) is 41.9 Å². The zero-order valence-corrected chi connectivity index (χ0v) is 16.9. The number of amides is 1.